The number of nitrogens with zero attached hydrogens (tertiary/aromatic N) is 6. The predicted octanol–water partition coefficient (Wildman–Crippen LogP) is 3.60. The van der Waals surface area contributed by atoms with Gasteiger partial charge in [0.2, 0.25) is 0 Å². The first-order chi connectivity index (χ1) is 18.0. The lowest BCUT2D eigenvalue weighted by Crippen LogP contribution is -2.30. The van der Waals surface area contributed by atoms with Gasteiger partial charge in [-0.3, -0.25) is 10.3 Å². The van der Waals surface area contributed by atoms with Gasteiger partial charge >= 0.3 is 6.09 Å². The summed E-state index contributed by atoms with van der Waals surface area (Å²) in [6.45, 7) is 0.362. The zero-order valence-electron chi connectivity index (χ0n) is 19.7. The molecule has 1 amide bonds. The molecule has 13 heteroatoms. The van der Waals surface area contributed by atoms with Gasteiger partial charge in [-0.1, -0.05) is 17.7 Å². The molecular formula is C24H25ClN10O2. The Morgan fingerprint density at radius 3 is 2.86 bits per heavy atom. The van der Waals surface area contributed by atoms with Crippen LogP contribution in [0.3, 0.4) is 0 Å². The summed E-state index contributed by atoms with van der Waals surface area (Å²) in [5, 5.41) is 10.8. The fraction of sp³-hybridized carbons (Fsp3) is 0.208. The molecule has 37 heavy (non-hydrogen) atoms. The highest BCUT2D eigenvalue weighted by atomic mass is 35.5. The van der Waals surface area contributed by atoms with Crippen molar-refractivity contribution in [3.05, 3.63) is 77.0 Å². The standard InChI is InChI=1S/C24H25ClN10O2/c25-18-4-5-20(35(27)14-31-26)17(7-18)12-37-24(36)33-22-8-21(29-13-30-22)28-9-19-11-34-10-16(15-1-2-15)3-6-23(34)32-19/h3-8,10-11,13-15H,1-2,9,12,26-27H2,(H2,28,29,30,33,36)/b31-14-. The number of hydrazine groups is 1. The zero-order valence-corrected chi connectivity index (χ0v) is 20.5. The summed E-state index contributed by atoms with van der Waals surface area (Å²) in [5.41, 5.74) is 4.19. The first-order valence-corrected chi connectivity index (χ1v) is 11.9. The first kappa shape index (κ1) is 24.3. The highest BCUT2D eigenvalue weighted by molar-refractivity contribution is 6.30. The highest BCUT2D eigenvalue weighted by Gasteiger charge is 2.23. The lowest BCUT2D eigenvalue weighted by molar-refractivity contribution is 0.155. The number of halogens is 1. The normalized spacial score (nSPS) is 13.1. The maximum Gasteiger partial charge on any atom is 0.413 e. The Bertz CT molecular complexity index is 1450. The number of benzene rings is 1. The number of hydrogen-bond acceptors (Lipinski definition) is 9. The van der Waals surface area contributed by atoms with Gasteiger partial charge < -0.3 is 20.3 Å². The van der Waals surface area contributed by atoms with Crippen molar-refractivity contribution in [1.29, 1.82) is 0 Å². The summed E-state index contributed by atoms with van der Waals surface area (Å²) in [7, 11) is 0. The van der Waals surface area contributed by atoms with Crippen LogP contribution in [0.25, 0.3) is 5.65 Å². The van der Waals surface area contributed by atoms with Crippen molar-refractivity contribution in [1.82, 2.24) is 19.4 Å². The maximum absolute atomic E-state index is 12.4. The smallest absolute Gasteiger partial charge is 0.413 e. The van der Waals surface area contributed by atoms with E-state index in [1.54, 1.807) is 24.3 Å². The quantitative estimate of drug-likeness (QED) is 0.112. The Balaban J connectivity index is 1.17. The molecule has 0 radical (unpaired) electrons. The van der Waals surface area contributed by atoms with Gasteiger partial charge in [0.15, 0.2) is 0 Å². The summed E-state index contributed by atoms with van der Waals surface area (Å²) >= 11 is 6.08. The summed E-state index contributed by atoms with van der Waals surface area (Å²) in [4.78, 5) is 25.3. The molecule has 6 N–H and O–H groups in total. The van der Waals surface area contributed by atoms with Crippen molar-refractivity contribution in [3.63, 3.8) is 0 Å². The van der Waals surface area contributed by atoms with Crippen LogP contribution < -0.4 is 27.3 Å². The number of rotatable bonds is 9. The molecule has 3 aromatic heterocycles. The second-order valence-electron chi connectivity index (χ2n) is 8.52. The van der Waals surface area contributed by atoms with Gasteiger partial charge in [-0.15, -0.1) is 0 Å². The molecule has 190 valence electrons. The molecule has 12 nitrogen and oxygen atoms in total. The minimum atomic E-state index is -0.710. The molecule has 1 fully saturated rings. The lowest BCUT2D eigenvalue weighted by atomic mass is 10.2. The predicted molar refractivity (Wildman–Crippen MR) is 141 cm³/mol. The number of pyridine rings is 1. The molecule has 0 atom stereocenters. The molecule has 0 aliphatic heterocycles. The number of nitrogens with two attached hydrogens (primary N) is 2. The first-order valence-electron chi connectivity index (χ1n) is 11.5. The third kappa shape index (κ3) is 6.05. The third-order valence-corrected chi connectivity index (χ3v) is 6.03. The number of aromatic nitrogens is 4. The van der Waals surface area contributed by atoms with Crippen molar-refractivity contribution < 1.29 is 9.53 Å². The van der Waals surface area contributed by atoms with E-state index < -0.39 is 6.09 Å². The van der Waals surface area contributed by atoms with E-state index in [2.05, 4.69) is 43.0 Å². The van der Waals surface area contributed by atoms with E-state index in [4.69, 9.17) is 28.0 Å². The Labute approximate surface area is 217 Å². The van der Waals surface area contributed by atoms with Crippen LogP contribution in [0.5, 0.6) is 0 Å². The van der Waals surface area contributed by atoms with Gasteiger partial charge in [0.05, 0.1) is 17.9 Å². The van der Waals surface area contributed by atoms with E-state index in [1.165, 1.54) is 36.1 Å². The molecule has 5 rings (SSSR count). The minimum Gasteiger partial charge on any atom is -0.444 e. The Kier molecular flexibility index (Phi) is 7.01. The number of carbonyl (C=O) groups excluding carboxylic acids is 1. The molecule has 4 aromatic rings. The average Bonchev–Trinajstić information content (AvgIpc) is 3.66. The highest BCUT2D eigenvalue weighted by Crippen LogP contribution is 2.39. The maximum atomic E-state index is 12.4. The number of ether oxygens (including phenoxy) is 1. The van der Waals surface area contributed by atoms with Gasteiger partial charge in [0.1, 0.15) is 36.6 Å². The topological polar surface area (TPSA) is 161 Å². The van der Waals surface area contributed by atoms with Crippen LogP contribution >= 0.6 is 11.6 Å². The van der Waals surface area contributed by atoms with Crippen molar-refractivity contribution in [3.8, 4) is 0 Å². The number of anilines is 3. The summed E-state index contributed by atoms with van der Waals surface area (Å²) in [6, 6.07) is 10.7. The van der Waals surface area contributed by atoms with Crippen LogP contribution in [0, 0.1) is 0 Å². The van der Waals surface area contributed by atoms with Crippen molar-refractivity contribution in [2.75, 3.05) is 15.6 Å². The van der Waals surface area contributed by atoms with Crippen molar-refractivity contribution in [2.45, 2.75) is 31.9 Å². The van der Waals surface area contributed by atoms with Crippen molar-refractivity contribution in [2.24, 2.45) is 16.8 Å². The number of hydrazone groups is 1. The second-order valence-corrected chi connectivity index (χ2v) is 8.96. The lowest BCUT2D eigenvalue weighted by Gasteiger charge is -2.17. The summed E-state index contributed by atoms with van der Waals surface area (Å²) in [5.74, 6) is 12.5. The zero-order chi connectivity index (χ0) is 25.8. The number of fused-ring (bicyclic) bond motifs is 1. The number of carbonyl (C=O) groups is 1. The number of nitrogens with one attached hydrogen (secondary N) is 2. The molecule has 1 aliphatic rings. The SMILES string of the molecule is N/N=C\N(N)c1ccc(Cl)cc1COC(=O)Nc1cc(NCc2cn3cc(C4CC4)ccc3n2)ncn1. The molecule has 1 aromatic carbocycles. The molecule has 3 heterocycles. The van der Waals surface area contributed by atoms with E-state index >= 15 is 0 Å². The van der Waals surface area contributed by atoms with Gasteiger partial charge in [-0.25, -0.2) is 25.6 Å². The largest absolute Gasteiger partial charge is 0.444 e. The van der Waals surface area contributed by atoms with Crippen LogP contribution in [0.4, 0.5) is 22.1 Å². The Hall–Kier alpha value is -4.42. The molecule has 0 spiro atoms. The Morgan fingerprint density at radius 2 is 2.05 bits per heavy atom. The van der Waals surface area contributed by atoms with E-state index in [-0.39, 0.29) is 12.4 Å². The minimum absolute atomic E-state index is 0.0969. The van der Waals surface area contributed by atoms with Crippen molar-refractivity contribution >= 4 is 47.0 Å². The fourth-order valence-electron chi connectivity index (χ4n) is 3.85. The number of imidazole rings is 1. The van der Waals surface area contributed by atoms with E-state index in [0.29, 0.717) is 34.6 Å². The second kappa shape index (κ2) is 10.7. The van der Waals surface area contributed by atoms with Gasteiger partial charge in [0, 0.05) is 29.0 Å². The average molecular weight is 521 g/mol. The number of amides is 1. The summed E-state index contributed by atoms with van der Waals surface area (Å²) in [6.07, 6.45) is 8.51. The van der Waals surface area contributed by atoms with E-state index in [1.807, 2.05) is 16.7 Å². The van der Waals surface area contributed by atoms with Gasteiger partial charge in [-0.2, -0.15) is 5.10 Å². The molecule has 1 saturated carbocycles. The van der Waals surface area contributed by atoms with Crippen LogP contribution in [0.1, 0.15) is 35.6 Å². The number of hydrogen-bond donors (Lipinski definition) is 4. The molecule has 1 aliphatic carbocycles. The Morgan fingerprint density at radius 1 is 1.22 bits per heavy atom. The monoisotopic (exact) mass is 520 g/mol. The third-order valence-electron chi connectivity index (χ3n) is 5.79. The molecule has 0 bridgehead atoms. The molecule has 0 unspecified atom stereocenters. The van der Waals surface area contributed by atoms with Crippen LogP contribution in [-0.4, -0.2) is 31.8 Å². The van der Waals surface area contributed by atoms with Gasteiger partial charge in [-0.05, 0) is 48.6 Å². The van der Waals surface area contributed by atoms with Gasteiger partial charge in [0.25, 0.3) is 0 Å². The van der Waals surface area contributed by atoms with Crippen LogP contribution in [0.15, 0.2) is 60.2 Å². The van der Waals surface area contributed by atoms with Crippen LogP contribution in [-0.2, 0) is 17.9 Å². The van der Waals surface area contributed by atoms with E-state index in [0.717, 1.165) is 11.3 Å². The summed E-state index contributed by atoms with van der Waals surface area (Å²) < 4.78 is 7.38. The molecule has 0 saturated heterocycles. The van der Waals surface area contributed by atoms with E-state index in [9.17, 15) is 4.79 Å². The molecular weight excluding hydrogens is 496 g/mol. The fourth-order valence-corrected chi connectivity index (χ4v) is 4.04. The van der Waals surface area contributed by atoms with Crippen LogP contribution in [0.2, 0.25) is 5.02 Å².